The minimum absolute atomic E-state index is 0.167. The van der Waals surface area contributed by atoms with Gasteiger partial charge in [-0.05, 0) is 23.8 Å². The number of amides is 1. The van der Waals surface area contributed by atoms with Crippen LogP contribution in [0.3, 0.4) is 0 Å². The predicted molar refractivity (Wildman–Crippen MR) is 113 cm³/mol. The maximum absolute atomic E-state index is 13.8. The Bertz CT molecular complexity index is 1040. The summed E-state index contributed by atoms with van der Waals surface area (Å²) < 4.78 is 24.4. The summed E-state index contributed by atoms with van der Waals surface area (Å²) in [7, 11) is -3.13. The van der Waals surface area contributed by atoms with E-state index in [4.69, 9.17) is 9.47 Å². The average Bonchev–Trinajstić information content (AvgIpc) is 3.23. The van der Waals surface area contributed by atoms with Gasteiger partial charge in [-0.3, -0.25) is 4.79 Å². The quantitative estimate of drug-likeness (QED) is 0.388. The molecule has 3 aromatic rings. The molecule has 29 heavy (non-hydrogen) atoms. The molecule has 4 rings (SSSR count). The van der Waals surface area contributed by atoms with E-state index in [1.165, 1.54) is 6.21 Å². The van der Waals surface area contributed by atoms with Crippen LogP contribution in [0.25, 0.3) is 0 Å². The first kappa shape index (κ1) is 19.0. The van der Waals surface area contributed by atoms with E-state index < -0.39 is 13.0 Å². The Morgan fingerprint density at radius 3 is 2.21 bits per heavy atom. The Morgan fingerprint density at radius 2 is 1.55 bits per heavy atom. The molecule has 3 aromatic carbocycles. The second-order valence-electron chi connectivity index (χ2n) is 6.47. The number of carbonyl (C=O) groups excluding carboxylic acids is 1. The van der Waals surface area contributed by atoms with Gasteiger partial charge in [-0.15, -0.1) is 0 Å². The van der Waals surface area contributed by atoms with Crippen molar-refractivity contribution in [2.75, 3.05) is 13.0 Å². The van der Waals surface area contributed by atoms with Crippen LogP contribution in [0.4, 0.5) is 0 Å². The molecule has 0 bridgehead atoms. The Labute approximate surface area is 168 Å². The second-order valence-corrected chi connectivity index (χ2v) is 9.30. The van der Waals surface area contributed by atoms with Gasteiger partial charge in [-0.25, -0.2) is 5.43 Å². The topological polar surface area (TPSA) is 77.0 Å². The molecule has 0 radical (unpaired) electrons. The average molecular weight is 406 g/mol. The zero-order valence-electron chi connectivity index (χ0n) is 15.5. The van der Waals surface area contributed by atoms with E-state index in [9.17, 15) is 9.36 Å². The number of carbonyl (C=O) groups is 1. The van der Waals surface area contributed by atoms with Crippen LogP contribution in [-0.4, -0.2) is 25.1 Å². The van der Waals surface area contributed by atoms with Crippen molar-refractivity contribution in [3.63, 3.8) is 0 Å². The molecule has 1 aliphatic heterocycles. The second kappa shape index (κ2) is 8.33. The van der Waals surface area contributed by atoms with Gasteiger partial charge in [0.25, 0.3) is 0 Å². The van der Waals surface area contributed by atoms with Crippen LogP contribution >= 0.6 is 7.14 Å². The zero-order valence-corrected chi connectivity index (χ0v) is 16.4. The third-order valence-corrected chi connectivity index (χ3v) is 7.51. The van der Waals surface area contributed by atoms with E-state index in [0.29, 0.717) is 22.1 Å². The summed E-state index contributed by atoms with van der Waals surface area (Å²) in [4.78, 5) is 12.5. The number of hydrogen-bond donors (Lipinski definition) is 1. The molecule has 0 aromatic heterocycles. The molecule has 1 heterocycles. The van der Waals surface area contributed by atoms with E-state index in [0.717, 1.165) is 5.56 Å². The van der Waals surface area contributed by atoms with Gasteiger partial charge in [0, 0.05) is 10.6 Å². The van der Waals surface area contributed by atoms with Crippen molar-refractivity contribution in [2.45, 2.75) is 0 Å². The lowest BCUT2D eigenvalue weighted by Gasteiger charge is -2.18. The van der Waals surface area contributed by atoms with E-state index in [1.54, 1.807) is 36.4 Å². The smallest absolute Gasteiger partial charge is 0.248 e. The lowest BCUT2D eigenvalue weighted by molar-refractivity contribution is -0.118. The summed E-state index contributed by atoms with van der Waals surface area (Å²) in [6.45, 7) is 0.195. The highest BCUT2D eigenvalue weighted by molar-refractivity contribution is 7.79. The maximum Gasteiger partial charge on any atom is 0.248 e. The highest BCUT2D eigenvalue weighted by Crippen LogP contribution is 2.42. The van der Waals surface area contributed by atoms with Crippen LogP contribution < -0.4 is 25.5 Å². The van der Waals surface area contributed by atoms with Gasteiger partial charge in [-0.1, -0.05) is 60.7 Å². The van der Waals surface area contributed by atoms with Crippen LogP contribution in [0.5, 0.6) is 11.5 Å². The van der Waals surface area contributed by atoms with E-state index in [-0.39, 0.29) is 13.0 Å². The molecule has 7 heteroatoms. The number of benzene rings is 3. The molecule has 146 valence electrons. The van der Waals surface area contributed by atoms with Crippen molar-refractivity contribution >= 4 is 29.9 Å². The molecule has 0 saturated carbocycles. The van der Waals surface area contributed by atoms with Crippen LogP contribution in [0.2, 0.25) is 0 Å². The van der Waals surface area contributed by atoms with Gasteiger partial charge in [0.1, 0.15) is 0 Å². The van der Waals surface area contributed by atoms with Gasteiger partial charge in [-0.2, -0.15) is 5.10 Å². The summed E-state index contributed by atoms with van der Waals surface area (Å²) in [5.74, 6) is 0.897. The number of hydrogen-bond acceptors (Lipinski definition) is 5. The largest absolute Gasteiger partial charge is 0.454 e. The summed E-state index contributed by atoms with van der Waals surface area (Å²) in [6.07, 6.45) is 1.34. The third-order valence-electron chi connectivity index (χ3n) is 4.51. The number of ether oxygens (including phenoxy) is 2. The molecule has 0 atom stereocenters. The zero-order chi connectivity index (χ0) is 20.1. The van der Waals surface area contributed by atoms with Crippen LogP contribution in [0.15, 0.2) is 84.0 Å². The molecule has 1 N–H and O–H groups in total. The Hall–Kier alpha value is -3.37. The normalized spacial score (nSPS) is 12.8. The first-order valence-corrected chi connectivity index (χ1v) is 11.0. The Kier molecular flexibility index (Phi) is 5.45. The van der Waals surface area contributed by atoms with Gasteiger partial charge >= 0.3 is 0 Å². The fourth-order valence-electron chi connectivity index (χ4n) is 3.08. The minimum atomic E-state index is -3.13. The van der Waals surface area contributed by atoms with Gasteiger partial charge in [0.2, 0.25) is 12.7 Å². The third kappa shape index (κ3) is 4.23. The van der Waals surface area contributed by atoms with Crippen molar-refractivity contribution in [3.8, 4) is 11.5 Å². The number of nitrogens with one attached hydrogen (secondary N) is 1. The molecule has 1 aliphatic rings. The molecule has 1 amide bonds. The standard InChI is InChI=1S/C22H19N2O4P/c25-22(24-23-14-17-11-12-20-21(13-17)28-16-27-20)15-29(26,18-7-3-1-4-8-18)19-9-5-2-6-10-19/h1-14H,15-16H2,(H,24,25). The van der Waals surface area contributed by atoms with E-state index in [1.807, 2.05) is 42.5 Å². The van der Waals surface area contributed by atoms with Crippen molar-refractivity contribution in [1.82, 2.24) is 5.43 Å². The van der Waals surface area contributed by atoms with Crippen molar-refractivity contribution in [3.05, 3.63) is 84.4 Å². The number of rotatable bonds is 6. The van der Waals surface area contributed by atoms with Gasteiger partial charge in [0.15, 0.2) is 18.6 Å². The molecule has 0 saturated heterocycles. The number of hydrazone groups is 1. The lowest BCUT2D eigenvalue weighted by Crippen LogP contribution is -2.28. The van der Waals surface area contributed by atoms with Crippen LogP contribution in [0.1, 0.15) is 5.56 Å². The first-order valence-electron chi connectivity index (χ1n) is 9.07. The lowest BCUT2D eigenvalue weighted by atomic mass is 10.2. The van der Waals surface area contributed by atoms with Gasteiger partial charge in [0.05, 0.1) is 12.4 Å². The molecule has 0 spiro atoms. The molecule has 6 nitrogen and oxygen atoms in total. The molecular formula is C22H19N2O4P. The van der Waals surface area contributed by atoms with Crippen molar-refractivity contribution in [1.29, 1.82) is 0 Å². The van der Waals surface area contributed by atoms with E-state index >= 15 is 0 Å². The fraction of sp³-hybridized carbons (Fsp3) is 0.0909. The predicted octanol–water partition coefficient (Wildman–Crippen LogP) is 2.88. The van der Waals surface area contributed by atoms with Gasteiger partial charge < -0.3 is 14.0 Å². The monoisotopic (exact) mass is 406 g/mol. The Morgan fingerprint density at radius 1 is 0.931 bits per heavy atom. The molecule has 0 fully saturated rings. The fourth-order valence-corrected chi connectivity index (χ4v) is 5.53. The molecular weight excluding hydrogens is 387 g/mol. The Balaban J connectivity index is 1.49. The van der Waals surface area contributed by atoms with E-state index in [2.05, 4.69) is 10.5 Å². The number of nitrogens with zero attached hydrogens (tertiary/aromatic N) is 1. The summed E-state index contributed by atoms with van der Waals surface area (Å²) in [5, 5.41) is 5.28. The SMILES string of the molecule is O=C(CP(=O)(c1ccccc1)c1ccccc1)NN=Cc1ccc2c(c1)OCO2. The summed E-state index contributed by atoms with van der Waals surface area (Å²) >= 11 is 0. The molecule has 0 unspecified atom stereocenters. The highest BCUT2D eigenvalue weighted by atomic mass is 31.2. The summed E-state index contributed by atoms with van der Waals surface area (Å²) in [6, 6.07) is 23.5. The molecule has 0 aliphatic carbocycles. The van der Waals surface area contributed by atoms with Crippen LogP contribution in [0, 0.1) is 0 Å². The van der Waals surface area contributed by atoms with Crippen molar-refractivity contribution in [2.24, 2.45) is 5.10 Å². The maximum atomic E-state index is 13.8. The summed E-state index contributed by atoms with van der Waals surface area (Å²) in [5.41, 5.74) is 3.23. The van der Waals surface area contributed by atoms with Crippen molar-refractivity contribution < 1.29 is 18.8 Å². The number of fused-ring (bicyclic) bond motifs is 1. The minimum Gasteiger partial charge on any atom is -0.454 e. The first-order chi connectivity index (χ1) is 14.1. The highest BCUT2D eigenvalue weighted by Gasteiger charge is 2.30. The van der Waals surface area contributed by atoms with Crippen LogP contribution in [-0.2, 0) is 9.36 Å².